The van der Waals surface area contributed by atoms with Gasteiger partial charge in [0.25, 0.3) is 0 Å². The highest BCUT2D eigenvalue weighted by molar-refractivity contribution is 5.95. The van der Waals surface area contributed by atoms with E-state index < -0.39 is 0 Å². The molecule has 0 saturated heterocycles. The Morgan fingerprint density at radius 1 is 1.00 bits per heavy atom. The van der Waals surface area contributed by atoms with Gasteiger partial charge in [0.15, 0.2) is 0 Å². The van der Waals surface area contributed by atoms with Crippen molar-refractivity contribution in [3.63, 3.8) is 0 Å². The molecule has 0 N–H and O–H groups in total. The summed E-state index contributed by atoms with van der Waals surface area (Å²) in [6, 6.07) is 15.4. The van der Waals surface area contributed by atoms with Crippen LogP contribution in [0.15, 0.2) is 42.6 Å². The van der Waals surface area contributed by atoms with Crippen LogP contribution >= 0.6 is 0 Å². The molecule has 0 saturated carbocycles. The molecular weight excluding hydrogens is 172 g/mol. The summed E-state index contributed by atoms with van der Waals surface area (Å²) in [4.78, 5) is 0. The van der Waals surface area contributed by atoms with Crippen molar-refractivity contribution in [1.29, 1.82) is 0 Å². The third-order valence-corrected chi connectivity index (χ3v) is 2.31. The molecular formula is C12H7N2. The van der Waals surface area contributed by atoms with Crippen molar-refractivity contribution in [2.45, 2.75) is 0 Å². The Labute approximate surface area is 81.2 Å². The third kappa shape index (κ3) is 1.04. The molecule has 0 aliphatic rings. The highest BCUT2D eigenvalue weighted by Gasteiger charge is 1.97. The minimum absolute atomic E-state index is 0.895. The first kappa shape index (κ1) is 7.44. The maximum Gasteiger partial charge on any atom is 0.0942 e. The molecule has 65 valence electrons. The first-order valence-corrected chi connectivity index (χ1v) is 4.45. The lowest BCUT2D eigenvalue weighted by molar-refractivity contribution is 1.08. The van der Waals surface area contributed by atoms with Crippen LogP contribution in [0.25, 0.3) is 21.7 Å². The molecule has 0 fully saturated rings. The molecule has 3 aromatic rings. The Bertz CT molecular complexity index is 497. The number of aromatic nitrogens is 2. The summed E-state index contributed by atoms with van der Waals surface area (Å²) < 4.78 is 0. The molecule has 0 unspecified atom stereocenters. The van der Waals surface area contributed by atoms with Crippen molar-refractivity contribution < 1.29 is 0 Å². The second-order valence-electron chi connectivity index (χ2n) is 3.21. The summed E-state index contributed by atoms with van der Waals surface area (Å²) in [5, 5.41) is 11.3. The van der Waals surface area contributed by atoms with E-state index in [4.69, 9.17) is 0 Å². The van der Waals surface area contributed by atoms with Gasteiger partial charge >= 0.3 is 0 Å². The van der Waals surface area contributed by atoms with Gasteiger partial charge in [0.1, 0.15) is 0 Å². The molecule has 0 atom stereocenters. The monoisotopic (exact) mass is 179 g/mol. The van der Waals surface area contributed by atoms with Gasteiger partial charge < -0.3 is 0 Å². The Morgan fingerprint density at radius 3 is 2.64 bits per heavy atom. The fraction of sp³-hybridized carbons (Fsp3) is 0. The molecule has 2 nitrogen and oxygen atoms in total. The third-order valence-electron chi connectivity index (χ3n) is 2.31. The smallest absolute Gasteiger partial charge is 0.0942 e. The zero-order valence-corrected chi connectivity index (χ0v) is 7.44. The first-order valence-electron chi connectivity index (χ1n) is 4.45. The minimum Gasteiger partial charge on any atom is -0.158 e. The van der Waals surface area contributed by atoms with Gasteiger partial charge in [-0.2, -0.15) is 10.2 Å². The topological polar surface area (TPSA) is 25.8 Å². The molecule has 0 aliphatic heterocycles. The normalized spacial score (nSPS) is 10.9. The van der Waals surface area contributed by atoms with E-state index in [1.165, 1.54) is 10.8 Å². The quantitative estimate of drug-likeness (QED) is 0.496. The second kappa shape index (κ2) is 2.77. The Balaban J connectivity index is 2.52. The highest BCUT2D eigenvalue weighted by Crippen LogP contribution is 2.19. The van der Waals surface area contributed by atoms with E-state index in [0.717, 1.165) is 10.9 Å². The maximum absolute atomic E-state index is 4.05. The van der Waals surface area contributed by atoms with Crippen molar-refractivity contribution in [2.24, 2.45) is 0 Å². The standard InChI is InChI=1S/C12H7N2/c1-2-4-10-8-12-11(5-6-13-14-12)7-9(10)3-1/h1-4,6-8H. The van der Waals surface area contributed by atoms with Crippen LogP contribution in [0.2, 0.25) is 0 Å². The van der Waals surface area contributed by atoms with Crippen LogP contribution in [0.4, 0.5) is 0 Å². The summed E-state index contributed by atoms with van der Waals surface area (Å²) in [7, 11) is 0. The maximum atomic E-state index is 4.05. The zero-order valence-electron chi connectivity index (χ0n) is 7.44. The van der Waals surface area contributed by atoms with Gasteiger partial charge in [0, 0.05) is 11.5 Å². The number of rotatable bonds is 0. The van der Waals surface area contributed by atoms with Gasteiger partial charge in [-0.05, 0) is 22.9 Å². The van der Waals surface area contributed by atoms with Gasteiger partial charge in [-0.1, -0.05) is 24.3 Å². The summed E-state index contributed by atoms with van der Waals surface area (Å²) >= 11 is 0. The number of fused-ring (bicyclic) bond motifs is 2. The Morgan fingerprint density at radius 2 is 1.79 bits per heavy atom. The van der Waals surface area contributed by atoms with Crippen molar-refractivity contribution in [3.05, 3.63) is 48.7 Å². The Hall–Kier alpha value is -1.96. The fourth-order valence-corrected chi connectivity index (χ4v) is 1.62. The van der Waals surface area contributed by atoms with Crippen LogP contribution in [-0.4, -0.2) is 10.2 Å². The molecule has 0 aliphatic carbocycles. The zero-order chi connectivity index (χ0) is 9.38. The molecule has 0 bridgehead atoms. The lowest BCUT2D eigenvalue weighted by Crippen LogP contribution is -1.82. The van der Waals surface area contributed by atoms with Crippen LogP contribution < -0.4 is 0 Å². The molecule has 1 radical (unpaired) electrons. The van der Waals surface area contributed by atoms with Crippen molar-refractivity contribution in [3.8, 4) is 0 Å². The number of nitrogens with zero attached hydrogens (tertiary/aromatic N) is 2. The number of hydrogen-bond donors (Lipinski definition) is 0. The molecule has 1 aromatic heterocycles. The van der Waals surface area contributed by atoms with E-state index in [9.17, 15) is 0 Å². The summed E-state index contributed by atoms with van der Waals surface area (Å²) in [6.07, 6.45) is 1.59. The van der Waals surface area contributed by atoms with Crippen LogP contribution in [0.3, 0.4) is 0 Å². The highest BCUT2D eigenvalue weighted by atomic mass is 15.1. The van der Waals surface area contributed by atoms with E-state index in [2.05, 4.69) is 34.5 Å². The predicted molar refractivity (Wildman–Crippen MR) is 55.9 cm³/mol. The molecule has 14 heavy (non-hydrogen) atoms. The fourth-order valence-electron chi connectivity index (χ4n) is 1.62. The average Bonchev–Trinajstić information content (AvgIpc) is 2.26. The van der Waals surface area contributed by atoms with E-state index in [0.29, 0.717) is 0 Å². The van der Waals surface area contributed by atoms with Gasteiger partial charge in [0.2, 0.25) is 0 Å². The SMILES string of the molecule is [c]1cnnc2cc3ccccc3cc12. The van der Waals surface area contributed by atoms with E-state index in [1.807, 2.05) is 18.2 Å². The lowest BCUT2D eigenvalue weighted by Gasteiger charge is -1.99. The van der Waals surface area contributed by atoms with Gasteiger partial charge in [-0.15, -0.1) is 0 Å². The first-order chi connectivity index (χ1) is 6.93. The van der Waals surface area contributed by atoms with Crippen LogP contribution in [0.1, 0.15) is 0 Å². The van der Waals surface area contributed by atoms with Gasteiger partial charge in [-0.3, -0.25) is 0 Å². The van der Waals surface area contributed by atoms with E-state index in [1.54, 1.807) is 6.20 Å². The minimum atomic E-state index is 0.895. The van der Waals surface area contributed by atoms with Crippen molar-refractivity contribution >= 4 is 21.7 Å². The summed E-state index contributed by atoms with van der Waals surface area (Å²) in [5.41, 5.74) is 0.895. The molecule has 2 heteroatoms. The molecule has 1 heterocycles. The van der Waals surface area contributed by atoms with E-state index in [-0.39, 0.29) is 0 Å². The number of benzene rings is 2. The number of hydrogen-bond acceptors (Lipinski definition) is 2. The molecule has 3 rings (SSSR count). The molecule has 0 amide bonds. The van der Waals surface area contributed by atoms with Crippen LogP contribution in [0, 0.1) is 6.07 Å². The average molecular weight is 179 g/mol. The second-order valence-corrected chi connectivity index (χ2v) is 3.21. The van der Waals surface area contributed by atoms with Crippen molar-refractivity contribution in [2.75, 3.05) is 0 Å². The van der Waals surface area contributed by atoms with Crippen LogP contribution in [-0.2, 0) is 0 Å². The predicted octanol–water partition coefficient (Wildman–Crippen LogP) is 2.58. The molecule has 2 aromatic carbocycles. The van der Waals surface area contributed by atoms with Crippen molar-refractivity contribution in [1.82, 2.24) is 10.2 Å². The Kier molecular flexibility index (Phi) is 1.47. The summed E-state index contributed by atoms with van der Waals surface area (Å²) in [5.74, 6) is 0. The van der Waals surface area contributed by atoms with Crippen LogP contribution in [0.5, 0.6) is 0 Å². The lowest BCUT2D eigenvalue weighted by atomic mass is 10.1. The largest absolute Gasteiger partial charge is 0.158 e. The van der Waals surface area contributed by atoms with Gasteiger partial charge in [-0.25, -0.2) is 0 Å². The summed E-state index contributed by atoms with van der Waals surface area (Å²) in [6.45, 7) is 0. The van der Waals surface area contributed by atoms with Gasteiger partial charge in [0.05, 0.1) is 11.7 Å². The molecule has 0 spiro atoms. The van der Waals surface area contributed by atoms with E-state index >= 15 is 0 Å².